The first-order valence-electron chi connectivity index (χ1n) is 8.29. The number of hydrogen-bond acceptors (Lipinski definition) is 3. The van der Waals surface area contributed by atoms with Gasteiger partial charge in [-0.15, -0.1) is 0 Å². The first kappa shape index (κ1) is 17.8. The highest BCUT2D eigenvalue weighted by atomic mass is 35.5. The topological polar surface area (TPSA) is 62.2 Å². The van der Waals surface area contributed by atoms with Crippen LogP contribution in [0, 0.1) is 18.7 Å². The van der Waals surface area contributed by atoms with Crippen LogP contribution in [0.25, 0.3) is 0 Å². The number of aryl methyl sites for hydroxylation is 1. The molecule has 132 valence electrons. The number of aromatic nitrogens is 1. The Bertz CT molecular complexity index is 764. The van der Waals surface area contributed by atoms with E-state index in [1.165, 1.54) is 6.07 Å². The molecule has 1 aliphatic carbocycles. The van der Waals surface area contributed by atoms with Crippen LogP contribution in [0.5, 0.6) is 0 Å². The SMILES string of the molecule is Cc1ccc(F)c(C(=O)N[C@H](Cc2ccccn2)C2CC(O)C2)c1Cl. The number of amides is 1. The van der Waals surface area contributed by atoms with E-state index in [0.29, 0.717) is 24.8 Å². The molecular weight excluding hydrogens is 343 g/mol. The molecular formula is C19H20ClFN2O2. The summed E-state index contributed by atoms with van der Waals surface area (Å²) in [5.74, 6) is -1.04. The summed E-state index contributed by atoms with van der Waals surface area (Å²) in [4.78, 5) is 16.9. The normalized spacial score (nSPS) is 20.6. The van der Waals surface area contributed by atoms with Gasteiger partial charge in [-0.1, -0.05) is 23.7 Å². The van der Waals surface area contributed by atoms with Crippen LogP contribution < -0.4 is 5.32 Å². The number of pyridine rings is 1. The highest BCUT2D eigenvalue weighted by molar-refractivity contribution is 6.34. The Morgan fingerprint density at radius 2 is 2.16 bits per heavy atom. The Morgan fingerprint density at radius 1 is 1.40 bits per heavy atom. The van der Waals surface area contributed by atoms with Crippen LogP contribution in [0.1, 0.15) is 34.5 Å². The first-order valence-corrected chi connectivity index (χ1v) is 8.67. The van der Waals surface area contributed by atoms with Gasteiger partial charge in [0, 0.05) is 24.4 Å². The van der Waals surface area contributed by atoms with Gasteiger partial charge in [-0.25, -0.2) is 4.39 Å². The lowest BCUT2D eigenvalue weighted by atomic mass is 9.76. The Hall–Kier alpha value is -1.98. The van der Waals surface area contributed by atoms with Gasteiger partial charge in [0.25, 0.3) is 5.91 Å². The van der Waals surface area contributed by atoms with Gasteiger partial charge in [0.2, 0.25) is 0 Å². The van der Waals surface area contributed by atoms with Crippen molar-refractivity contribution in [1.82, 2.24) is 10.3 Å². The third-order valence-electron chi connectivity index (χ3n) is 4.70. The zero-order valence-corrected chi connectivity index (χ0v) is 14.6. The van der Waals surface area contributed by atoms with E-state index in [-0.39, 0.29) is 28.6 Å². The summed E-state index contributed by atoms with van der Waals surface area (Å²) in [7, 11) is 0. The van der Waals surface area contributed by atoms with Gasteiger partial charge in [-0.05, 0) is 49.4 Å². The average Bonchev–Trinajstić information content (AvgIpc) is 2.56. The molecule has 0 bridgehead atoms. The number of nitrogens with zero attached hydrogens (tertiary/aromatic N) is 1. The van der Waals surface area contributed by atoms with Gasteiger partial charge in [0.15, 0.2) is 0 Å². The van der Waals surface area contributed by atoms with E-state index in [0.717, 1.165) is 5.69 Å². The fourth-order valence-electron chi connectivity index (χ4n) is 3.14. The number of carbonyl (C=O) groups excluding carboxylic acids is 1. The predicted molar refractivity (Wildman–Crippen MR) is 94.1 cm³/mol. The van der Waals surface area contributed by atoms with Crippen LogP contribution in [0.3, 0.4) is 0 Å². The predicted octanol–water partition coefficient (Wildman–Crippen LogP) is 3.29. The van der Waals surface area contributed by atoms with E-state index in [2.05, 4.69) is 10.3 Å². The quantitative estimate of drug-likeness (QED) is 0.857. The van der Waals surface area contributed by atoms with Crippen molar-refractivity contribution < 1.29 is 14.3 Å². The molecule has 2 aromatic rings. The standard InChI is InChI=1S/C19H20ClFN2O2/c1-11-5-6-15(21)17(18(11)20)19(25)23-16(12-8-14(24)9-12)10-13-4-2-3-7-22-13/h2-7,12,14,16,24H,8-10H2,1H3,(H,23,25)/t12?,14?,16-/m1/s1. The molecule has 1 heterocycles. The summed E-state index contributed by atoms with van der Waals surface area (Å²) in [6, 6.07) is 8.15. The van der Waals surface area contributed by atoms with Crippen molar-refractivity contribution in [3.8, 4) is 0 Å². The number of halogens is 2. The molecule has 1 aliphatic rings. The van der Waals surface area contributed by atoms with Crippen molar-refractivity contribution in [1.29, 1.82) is 0 Å². The van der Waals surface area contributed by atoms with Crippen LogP contribution >= 0.6 is 11.6 Å². The van der Waals surface area contributed by atoms with Gasteiger partial charge in [0.1, 0.15) is 5.82 Å². The highest BCUT2D eigenvalue weighted by Gasteiger charge is 2.35. The maximum Gasteiger partial charge on any atom is 0.256 e. The Balaban J connectivity index is 1.80. The maximum absolute atomic E-state index is 14.1. The lowest BCUT2D eigenvalue weighted by molar-refractivity contribution is 0.0237. The third kappa shape index (κ3) is 3.99. The Labute approximate surface area is 151 Å². The zero-order valence-electron chi connectivity index (χ0n) is 13.9. The molecule has 6 heteroatoms. The Morgan fingerprint density at radius 3 is 2.80 bits per heavy atom. The van der Waals surface area contributed by atoms with E-state index >= 15 is 0 Å². The molecule has 0 aliphatic heterocycles. The van der Waals surface area contributed by atoms with Crippen LogP contribution in [0.2, 0.25) is 5.02 Å². The van der Waals surface area contributed by atoms with Crippen LogP contribution in [-0.4, -0.2) is 28.1 Å². The van der Waals surface area contributed by atoms with Gasteiger partial charge >= 0.3 is 0 Å². The molecule has 0 saturated heterocycles. The number of carbonyl (C=O) groups is 1. The minimum atomic E-state index is -0.640. The second-order valence-corrected chi connectivity index (χ2v) is 6.92. The number of nitrogens with one attached hydrogen (secondary N) is 1. The molecule has 1 saturated carbocycles. The molecule has 1 atom stereocenters. The second-order valence-electron chi connectivity index (χ2n) is 6.54. The summed E-state index contributed by atoms with van der Waals surface area (Å²) in [5, 5.41) is 12.6. The summed E-state index contributed by atoms with van der Waals surface area (Å²) >= 11 is 6.13. The minimum absolute atomic E-state index is 0.128. The van der Waals surface area contributed by atoms with Crippen molar-refractivity contribution in [3.63, 3.8) is 0 Å². The molecule has 1 aromatic heterocycles. The van der Waals surface area contributed by atoms with Crippen LogP contribution in [0.15, 0.2) is 36.5 Å². The number of aliphatic hydroxyl groups excluding tert-OH is 1. The largest absolute Gasteiger partial charge is 0.393 e. The van der Waals surface area contributed by atoms with Crippen molar-refractivity contribution >= 4 is 17.5 Å². The van der Waals surface area contributed by atoms with E-state index in [4.69, 9.17) is 11.6 Å². The minimum Gasteiger partial charge on any atom is -0.393 e. The molecule has 0 unspecified atom stereocenters. The van der Waals surface area contributed by atoms with Crippen molar-refractivity contribution in [2.24, 2.45) is 5.92 Å². The molecule has 4 nitrogen and oxygen atoms in total. The van der Waals surface area contributed by atoms with Gasteiger partial charge < -0.3 is 10.4 Å². The highest BCUT2D eigenvalue weighted by Crippen LogP contribution is 2.32. The fourth-order valence-corrected chi connectivity index (χ4v) is 3.38. The summed E-state index contributed by atoms with van der Waals surface area (Å²) in [6.07, 6.45) is 3.10. The fraction of sp³-hybridized carbons (Fsp3) is 0.368. The third-order valence-corrected chi connectivity index (χ3v) is 5.19. The molecule has 1 amide bonds. The zero-order chi connectivity index (χ0) is 18.0. The van der Waals surface area contributed by atoms with Gasteiger partial charge in [-0.3, -0.25) is 9.78 Å². The number of rotatable bonds is 5. The molecule has 1 aromatic carbocycles. The van der Waals surface area contributed by atoms with E-state index in [9.17, 15) is 14.3 Å². The van der Waals surface area contributed by atoms with Gasteiger partial charge in [0.05, 0.1) is 16.7 Å². The van der Waals surface area contributed by atoms with Crippen LogP contribution in [-0.2, 0) is 6.42 Å². The lowest BCUT2D eigenvalue weighted by Crippen LogP contribution is -2.48. The summed E-state index contributed by atoms with van der Waals surface area (Å²) in [5.41, 5.74) is 1.35. The second kappa shape index (κ2) is 7.50. The summed E-state index contributed by atoms with van der Waals surface area (Å²) < 4.78 is 14.1. The van der Waals surface area contributed by atoms with Crippen molar-refractivity contribution in [2.75, 3.05) is 0 Å². The van der Waals surface area contributed by atoms with Crippen molar-refractivity contribution in [3.05, 3.63) is 64.2 Å². The monoisotopic (exact) mass is 362 g/mol. The molecule has 1 fully saturated rings. The smallest absolute Gasteiger partial charge is 0.256 e. The maximum atomic E-state index is 14.1. The lowest BCUT2D eigenvalue weighted by Gasteiger charge is -2.38. The first-order chi connectivity index (χ1) is 12.0. The summed E-state index contributed by atoms with van der Waals surface area (Å²) in [6.45, 7) is 1.73. The van der Waals surface area contributed by atoms with Crippen LogP contribution in [0.4, 0.5) is 4.39 Å². The van der Waals surface area contributed by atoms with Gasteiger partial charge in [-0.2, -0.15) is 0 Å². The molecule has 3 rings (SSSR count). The van der Waals surface area contributed by atoms with Crippen molar-refractivity contribution in [2.45, 2.75) is 38.3 Å². The molecule has 0 radical (unpaired) electrons. The number of aliphatic hydroxyl groups is 1. The average molecular weight is 363 g/mol. The molecule has 25 heavy (non-hydrogen) atoms. The Kier molecular flexibility index (Phi) is 5.35. The molecule has 0 spiro atoms. The van der Waals surface area contributed by atoms with E-state index < -0.39 is 11.7 Å². The number of hydrogen-bond donors (Lipinski definition) is 2. The molecule has 2 N–H and O–H groups in total. The van der Waals surface area contributed by atoms with E-state index in [1.807, 2.05) is 18.2 Å². The van der Waals surface area contributed by atoms with E-state index in [1.54, 1.807) is 19.2 Å². The number of benzene rings is 1.